The van der Waals surface area contributed by atoms with Gasteiger partial charge in [0.25, 0.3) is 11.6 Å². The van der Waals surface area contributed by atoms with Crippen molar-refractivity contribution in [2.45, 2.75) is 11.7 Å². The summed E-state index contributed by atoms with van der Waals surface area (Å²) in [4.78, 5) is 22.5. The van der Waals surface area contributed by atoms with Crippen molar-refractivity contribution in [1.82, 2.24) is 0 Å². The van der Waals surface area contributed by atoms with Crippen LogP contribution in [0.1, 0.15) is 0 Å². The van der Waals surface area contributed by atoms with Crippen molar-refractivity contribution < 1.29 is 54.2 Å². The zero-order valence-corrected chi connectivity index (χ0v) is 10.7. The Morgan fingerprint density at radius 2 is 1.08 bits per heavy atom. The fraction of sp³-hybridized carbons (Fsp3) is 0.167. The highest BCUT2D eigenvalue weighted by molar-refractivity contribution is 6.46. The molecular weight excluding hydrogens is 360 g/mol. The Morgan fingerprint density at radius 1 is 0.667 bits per heavy atom. The van der Waals surface area contributed by atoms with Crippen LogP contribution in [0.15, 0.2) is 11.7 Å². The number of fused-ring (bicyclic) bond motifs is 2. The number of ketones is 2. The van der Waals surface area contributed by atoms with Gasteiger partial charge in [-0.25, -0.2) is 13.2 Å². The third-order valence-corrected chi connectivity index (χ3v) is 3.25. The molecule has 2 atom stereocenters. The first-order valence-corrected chi connectivity index (χ1v) is 5.74. The van der Waals surface area contributed by atoms with Gasteiger partial charge in [0.2, 0.25) is 46.4 Å². The van der Waals surface area contributed by atoms with Gasteiger partial charge in [-0.1, -0.05) is 0 Å². The van der Waals surface area contributed by atoms with E-state index in [1.165, 1.54) is 0 Å². The van der Waals surface area contributed by atoms with Crippen LogP contribution < -0.4 is 9.47 Å². The minimum Gasteiger partial charge on any atom is -0.439 e. The van der Waals surface area contributed by atoms with Crippen molar-refractivity contribution in [2.75, 3.05) is 0 Å². The Morgan fingerprint density at radius 3 is 1.54 bits per heavy atom. The molecule has 1 aliphatic carbocycles. The third kappa shape index (κ3) is 1.57. The van der Waals surface area contributed by atoms with Gasteiger partial charge in [-0.2, -0.15) is 22.0 Å². The van der Waals surface area contributed by atoms with Crippen LogP contribution in [0.3, 0.4) is 0 Å². The summed E-state index contributed by atoms with van der Waals surface area (Å²) >= 11 is 0. The molecule has 2 unspecified atom stereocenters. The number of hydrogen-bond donors (Lipinski definition) is 0. The molecular formula is C12F8O4. The lowest BCUT2D eigenvalue weighted by atomic mass is 9.91. The summed E-state index contributed by atoms with van der Waals surface area (Å²) in [6, 6.07) is 0. The number of carbonyl (C=O) groups is 2. The van der Waals surface area contributed by atoms with E-state index >= 15 is 0 Å². The summed E-state index contributed by atoms with van der Waals surface area (Å²) in [6.07, 6.45) is 0. The molecule has 0 N–H and O–H groups in total. The van der Waals surface area contributed by atoms with Crippen LogP contribution in [-0.2, 0) is 9.59 Å². The number of rotatable bonds is 0. The van der Waals surface area contributed by atoms with Gasteiger partial charge in [0, 0.05) is 0 Å². The van der Waals surface area contributed by atoms with Gasteiger partial charge in [0.1, 0.15) is 0 Å². The summed E-state index contributed by atoms with van der Waals surface area (Å²) in [7, 11) is 0. The first-order valence-electron chi connectivity index (χ1n) is 5.74. The second kappa shape index (κ2) is 4.45. The Kier molecular flexibility index (Phi) is 3.01. The maximum absolute atomic E-state index is 14.5. The highest BCUT2D eigenvalue weighted by Crippen LogP contribution is 2.54. The van der Waals surface area contributed by atoms with E-state index in [-0.39, 0.29) is 0 Å². The SMILES string of the molecule is O=C1C(=O)C2(F)Oc3c(F)c(F)c(F)c(F)c3OC2(F)C(F)=C1F. The maximum atomic E-state index is 14.5. The second-order valence-corrected chi connectivity index (χ2v) is 4.60. The molecule has 0 fully saturated rings. The maximum Gasteiger partial charge on any atom is 0.392 e. The van der Waals surface area contributed by atoms with Crippen molar-refractivity contribution in [2.24, 2.45) is 0 Å². The Bertz CT molecular complexity index is 865. The lowest BCUT2D eigenvalue weighted by Crippen LogP contribution is -2.67. The topological polar surface area (TPSA) is 52.6 Å². The summed E-state index contributed by atoms with van der Waals surface area (Å²) in [6.45, 7) is 0. The van der Waals surface area contributed by atoms with Gasteiger partial charge < -0.3 is 9.47 Å². The van der Waals surface area contributed by atoms with Crippen LogP contribution >= 0.6 is 0 Å². The quantitative estimate of drug-likeness (QED) is 0.309. The highest BCUT2D eigenvalue weighted by Gasteiger charge is 2.76. The number of ether oxygens (including phenoxy) is 2. The summed E-state index contributed by atoms with van der Waals surface area (Å²) in [5.41, 5.74) is 0. The average Bonchev–Trinajstić information content (AvgIpc) is 2.56. The molecule has 2 aliphatic rings. The zero-order chi connectivity index (χ0) is 18.2. The minimum atomic E-state index is -4.91. The largest absolute Gasteiger partial charge is 0.439 e. The van der Waals surface area contributed by atoms with Gasteiger partial charge in [-0.05, 0) is 0 Å². The van der Waals surface area contributed by atoms with Crippen molar-refractivity contribution >= 4 is 11.6 Å². The molecule has 1 aliphatic heterocycles. The van der Waals surface area contributed by atoms with E-state index < -0.39 is 69.7 Å². The molecule has 12 heteroatoms. The van der Waals surface area contributed by atoms with Crippen molar-refractivity contribution in [1.29, 1.82) is 0 Å². The van der Waals surface area contributed by atoms with Gasteiger partial charge in [0.05, 0.1) is 0 Å². The monoisotopic (exact) mass is 360 g/mol. The van der Waals surface area contributed by atoms with E-state index in [0.717, 1.165) is 0 Å². The first kappa shape index (κ1) is 16.2. The molecule has 0 aromatic heterocycles. The van der Waals surface area contributed by atoms with Crippen LogP contribution in [0.5, 0.6) is 11.5 Å². The van der Waals surface area contributed by atoms with Crippen LogP contribution in [0.2, 0.25) is 0 Å². The van der Waals surface area contributed by atoms with E-state index in [4.69, 9.17) is 0 Å². The number of hydrogen-bond acceptors (Lipinski definition) is 4. The molecule has 0 amide bonds. The second-order valence-electron chi connectivity index (χ2n) is 4.60. The van der Waals surface area contributed by atoms with Gasteiger partial charge >= 0.3 is 11.7 Å². The molecule has 1 aromatic rings. The predicted molar refractivity (Wildman–Crippen MR) is 54.5 cm³/mol. The molecule has 3 rings (SSSR count). The molecule has 0 radical (unpaired) electrons. The molecule has 24 heavy (non-hydrogen) atoms. The molecule has 0 spiro atoms. The fourth-order valence-electron chi connectivity index (χ4n) is 2.05. The number of carbonyl (C=O) groups excluding carboxylic acids is 2. The van der Waals surface area contributed by atoms with Crippen LogP contribution in [-0.4, -0.2) is 23.3 Å². The van der Waals surface area contributed by atoms with Crippen LogP contribution in [0, 0.1) is 23.3 Å². The smallest absolute Gasteiger partial charge is 0.392 e. The zero-order valence-electron chi connectivity index (χ0n) is 10.7. The number of benzene rings is 1. The highest BCUT2D eigenvalue weighted by atomic mass is 19.2. The summed E-state index contributed by atoms with van der Waals surface area (Å²) in [5.74, 6) is -34.7. The number of alkyl halides is 2. The molecule has 4 nitrogen and oxygen atoms in total. The Labute approximate surface area is 125 Å². The Balaban J connectivity index is 2.36. The number of Topliss-reactive ketones (excluding diaryl/α,β-unsaturated/α-hetero) is 2. The molecule has 128 valence electrons. The molecule has 1 heterocycles. The van der Waals surface area contributed by atoms with Crippen LogP contribution in [0.4, 0.5) is 35.1 Å². The van der Waals surface area contributed by atoms with E-state index in [0.29, 0.717) is 0 Å². The van der Waals surface area contributed by atoms with Gasteiger partial charge in [0.15, 0.2) is 0 Å². The van der Waals surface area contributed by atoms with Crippen molar-refractivity contribution in [3.63, 3.8) is 0 Å². The number of halogens is 8. The lowest BCUT2D eigenvalue weighted by Gasteiger charge is -2.41. The molecule has 0 bridgehead atoms. The van der Waals surface area contributed by atoms with E-state index in [1.807, 2.05) is 0 Å². The standard InChI is InChI=1S/C12F8O4/c13-1-2(14)4(16)8-7(3(1)15)23-11(19)9(18)5(17)6(21)10(22)12(11,20)24-8. The van der Waals surface area contributed by atoms with Crippen molar-refractivity contribution in [3.05, 3.63) is 34.9 Å². The molecule has 1 aromatic carbocycles. The number of allylic oxidation sites excluding steroid dienone is 1. The van der Waals surface area contributed by atoms with Gasteiger partial charge in [-0.3, -0.25) is 9.59 Å². The third-order valence-electron chi connectivity index (χ3n) is 3.25. The molecule has 0 saturated carbocycles. The van der Waals surface area contributed by atoms with Gasteiger partial charge in [-0.15, -0.1) is 0 Å². The van der Waals surface area contributed by atoms with E-state index in [9.17, 15) is 44.7 Å². The summed E-state index contributed by atoms with van der Waals surface area (Å²) < 4.78 is 116. The van der Waals surface area contributed by atoms with E-state index in [2.05, 4.69) is 9.47 Å². The fourth-order valence-corrected chi connectivity index (χ4v) is 2.05. The molecule has 0 saturated heterocycles. The minimum absolute atomic E-state index is 1.99. The predicted octanol–water partition coefficient (Wildman–Crippen LogP) is 2.65. The van der Waals surface area contributed by atoms with Crippen molar-refractivity contribution in [3.8, 4) is 11.5 Å². The Hall–Kier alpha value is -2.66. The van der Waals surface area contributed by atoms with E-state index in [1.54, 1.807) is 0 Å². The van der Waals surface area contributed by atoms with Crippen LogP contribution in [0.25, 0.3) is 0 Å². The average molecular weight is 360 g/mol. The first-order chi connectivity index (χ1) is 11.0. The summed E-state index contributed by atoms with van der Waals surface area (Å²) in [5, 5.41) is 0. The normalized spacial score (nSPS) is 29.0. The lowest BCUT2D eigenvalue weighted by molar-refractivity contribution is -0.256.